The Morgan fingerprint density at radius 1 is 1.13 bits per heavy atom. The van der Waals surface area contributed by atoms with Gasteiger partial charge in [-0.3, -0.25) is 4.90 Å². The molecule has 0 N–H and O–H groups in total. The van der Waals surface area contributed by atoms with Crippen molar-refractivity contribution in [1.82, 2.24) is 14.9 Å². The van der Waals surface area contributed by atoms with Gasteiger partial charge in [0.1, 0.15) is 17.3 Å². The highest BCUT2D eigenvalue weighted by Gasteiger charge is 2.38. The summed E-state index contributed by atoms with van der Waals surface area (Å²) >= 11 is 3.70. The van der Waals surface area contributed by atoms with Crippen LogP contribution in [0.1, 0.15) is 18.7 Å². The molecule has 4 heterocycles. The van der Waals surface area contributed by atoms with Gasteiger partial charge in [0.25, 0.3) is 0 Å². The van der Waals surface area contributed by atoms with E-state index in [-0.39, 0.29) is 0 Å². The number of thioether (sulfide) groups is 1. The molecular weight excluding hydrogens is 412 g/mol. The van der Waals surface area contributed by atoms with E-state index >= 15 is 0 Å². The van der Waals surface area contributed by atoms with E-state index in [0.717, 1.165) is 29.6 Å². The van der Waals surface area contributed by atoms with Gasteiger partial charge in [-0.2, -0.15) is 11.8 Å². The molecule has 0 amide bonds. The molecule has 2 fully saturated rings. The van der Waals surface area contributed by atoms with Crippen LogP contribution in [0, 0.1) is 0 Å². The highest BCUT2D eigenvalue weighted by Crippen LogP contribution is 2.40. The number of ether oxygens (including phenoxy) is 1. The van der Waals surface area contributed by atoms with Crippen LogP contribution < -0.4 is 4.90 Å². The van der Waals surface area contributed by atoms with Crippen molar-refractivity contribution in [2.45, 2.75) is 30.7 Å². The summed E-state index contributed by atoms with van der Waals surface area (Å²) in [5.74, 6) is 1.85. The molecule has 5 rings (SSSR count). The third kappa shape index (κ3) is 3.73. The summed E-state index contributed by atoms with van der Waals surface area (Å²) in [6, 6.07) is 11.2. The number of fused-ring (bicyclic) bond motifs is 1. The number of hydrogen-bond acceptors (Lipinski definition) is 7. The molecule has 30 heavy (non-hydrogen) atoms. The van der Waals surface area contributed by atoms with Gasteiger partial charge in [-0.25, -0.2) is 9.97 Å². The number of anilines is 1. The minimum Gasteiger partial charge on any atom is -0.377 e. The number of nitrogens with zero attached hydrogens (tertiary/aromatic N) is 4. The average molecular weight is 441 g/mol. The standard InChI is InChI=1S/C23H28N4OS2/c1-28-14-20-24-22(27-12-18(19(13-27)29-2)26-10-6-7-11-26)21-17(15-30-23(21)25-20)16-8-4-3-5-9-16/h3-5,8-9,15,18-19H,6-7,10-14H2,1-2H3. The van der Waals surface area contributed by atoms with Crippen molar-refractivity contribution in [1.29, 1.82) is 0 Å². The quantitative estimate of drug-likeness (QED) is 0.561. The largest absolute Gasteiger partial charge is 0.377 e. The molecule has 2 atom stereocenters. The van der Waals surface area contributed by atoms with Crippen molar-refractivity contribution in [3.05, 3.63) is 41.5 Å². The lowest BCUT2D eigenvalue weighted by atomic mass is 10.1. The minimum atomic E-state index is 0.441. The fourth-order valence-corrected chi connectivity index (χ4v) is 6.67. The molecule has 0 bridgehead atoms. The molecule has 2 aromatic heterocycles. The Balaban J connectivity index is 1.59. The van der Waals surface area contributed by atoms with Crippen molar-refractivity contribution >= 4 is 39.1 Å². The highest BCUT2D eigenvalue weighted by atomic mass is 32.2. The van der Waals surface area contributed by atoms with Gasteiger partial charge in [0.15, 0.2) is 5.82 Å². The molecule has 0 radical (unpaired) electrons. The number of methoxy groups -OCH3 is 1. The molecule has 2 saturated heterocycles. The van der Waals surface area contributed by atoms with Crippen LogP contribution in [0.4, 0.5) is 5.82 Å². The Labute approximate surface area is 186 Å². The zero-order valence-electron chi connectivity index (χ0n) is 17.6. The number of thiophene rings is 1. The van der Waals surface area contributed by atoms with Crippen LogP contribution in [0.15, 0.2) is 35.7 Å². The van der Waals surface area contributed by atoms with Gasteiger partial charge in [-0.05, 0) is 37.8 Å². The van der Waals surface area contributed by atoms with E-state index in [1.807, 2.05) is 11.8 Å². The molecule has 5 nitrogen and oxygen atoms in total. The van der Waals surface area contributed by atoms with Gasteiger partial charge in [0, 0.05) is 42.4 Å². The number of aromatic nitrogens is 2. The second-order valence-corrected chi connectivity index (χ2v) is 10.0. The molecule has 2 unspecified atom stereocenters. The fourth-order valence-electron chi connectivity index (χ4n) is 4.80. The molecular formula is C23H28N4OS2. The van der Waals surface area contributed by atoms with E-state index in [1.54, 1.807) is 18.4 Å². The summed E-state index contributed by atoms with van der Waals surface area (Å²) in [5.41, 5.74) is 2.46. The second-order valence-electron chi connectivity index (χ2n) is 8.08. The Morgan fingerprint density at radius 2 is 1.93 bits per heavy atom. The molecule has 2 aliphatic heterocycles. The summed E-state index contributed by atoms with van der Waals surface area (Å²) < 4.78 is 5.38. The van der Waals surface area contributed by atoms with E-state index < -0.39 is 0 Å². The molecule has 0 aliphatic carbocycles. The van der Waals surface area contributed by atoms with Gasteiger partial charge < -0.3 is 9.64 Å². The average Bonchev–Trinajstić information content (AvgIpc) is 3.52. The van der Waals surface area contributed by atoms with Crippen LogP contribution in [-0.2, 0) is 11.3 Å². The van der Waals surface area contributed by atoms with Crippen molar-refractivity contribution in [2.75, 3.05) is 44.4 Å². The van der Waals surface area contributed by atoms with E-state index in [2.05, 4.69) is 51.8 Å². The van der Waals surface area contributed by atoms with Crippen LogP contribution in [0.3, 0.4) is 0 Å². The summed E-state index contributed by atoms with van der Waals surface area (Å²) in [7, 11) is 1.71. The molecule has 0 spiro atoms. The fraction of sp³-hybridized carbons (Fsp3) is 0.478. The van der Waals surface area contributed by atoms with Crippen molar-refractivity contribution in [3.8, 4) is 11.1 Å². The molecule has 2 aliphatic rings. The van der Waals surface area contributed by atoms with Gasteiger partial charge >= 0.3 is 0 Å². The highest BCUT2D eigenvalue weighted by molar-refractivity contribution is 7.99. The molecule has 158 valence electrons. The lowest BCUT2D eigenvalue weighted by Gasteiger charge is -2.27. The van der Waals surface area contributed by atoms with Crippen LogP contribution >= 0.6 is 23.1 Å². The monoisotopic (exact) mass is 440 g/mol. The first-order valence-electron chi connectivity index (χ1n) is 10.6. The first-order valence-corrected chi connectivity index (χ1v) is 12.8. The third-order valence-corrected chi connectivity index (χ3v) is 8.21. The summed E-state index contributed by atoms with van der Waals surface area (Å²) in [6.45, 7) is 4.98. The number of rotatable bonds is 6. The van der Waals surface area contributed by atoms with Crippen molar-refractivity contribution < 1.29 is 4.74 Å². The molecule has 3 aromatic rings. The molecule has 7 heteroatoms. The maximum Gasteiger partial charge on any atom is 0.158 e. The minimum absolute atomic E-state index is 0.441. The van der Waals surface area contributed by atoms with Crippen molar-refractivity contribution in [3.63, 3.8) is 0 Å². The van der Waals surface area contributed by atoms with E-state index in [9.17, 15) is 0 Å². The summed E-state index contributed by atoms with van der Waals surface area (Å²) in [4.78, 5) is 16.1. The lowest BCUT2D eigenvalue weighted by molar-refractivity contribution is 0.178. The predicted octanol–water partition coefficient (Wildman–Crippen LogP) is 4.52. The topological polar surface area (TPSA) is 41.5 Å². The van der Waals surface area contributed by atoms with Gasteiger partial charge in [-0.1, -0.05) is 30.3 Å². The lowest BCUT2D eigenvalue weighted by Crippen LogP contribution is -2.40. The van der Waals surface area contributed by atoms with Gasteiger partial charge in [0.2, 0.25) is 0 Å². The maximum absolute atomic E-state index is 5.38. The van der Waals surface area contributed by atoms with Crippen LogP contribution in [0.5, 0.6) is 0 Å². The van der Waals surface area contributed by atoms with E-state index in [1.165, 1.54) is 42.4 Å². The SMILES string of the molecule is COCc1nc(N2CC(SC)C(N3CCCC3)C2)c2c(-c3ccccc3)csc2n1. The Kier molecular flexibility index (Phi) is 5.96. The zero-order chi connectivity index (χ0) is 20.5. The van der Waals surface area contributed by atoms with Gasteiger partial charge in [0.05, 0.1) is 5.39 Å². The Morgan fingerprint density at radius 3 is 2.67 bits per heavy atom. The summed E-state index contributed by atoms with van der Waals surface area (Å²) in [5, 5.41) is 4.03. The Bertz CT molecular complexity index is 1000. The molecule has 0 saturated carbocycles. The van der Waals surface area contributed by atoms with E-state index in [0.29, 0.717) is 17.9 Å². The van der Waals surface area contributed by atoms with Gasteiger partial charge in [-0.15, -0.1) is 11.3 Å². The van der Waals surface area contributed by atoms with Crippen molar-refractivity contribution in [2.24, 2.45) is 0 Å². The molecule has 1 aromatic carbocycles. The third-order valence-electron chi connectivity index (χ3n) is 6.27. The van der Waals surface area contributed by atoms with Crippen LogP contribution in [0.2, 0.25) is 0 Å². The normalized spacial score (nSPS) is 22.4. The smallest absolute Gasteiger partial charge is 0.158 e. The first-order chi connectivity index (χ1) is 14.8. The maximum atomic E-state index is 5.38. The predicted molar refractivity (Wildman–Crippen MR) is 128 cm³/mol. The number of likely N-dealkylation sites (tertiary alicyclic amines) is 1. The number of hydrogen-bond donors (Lipinski definition) is 0. The Hall–Kier alpha value is -1.67. The van der Waals surface area contributed by atoms with Crippen LogP contribution in [0.25, 0.3) is 21.3 Å². The van der Waals surface area contributed by atoms with E-state index in [4.69, 9.17) is 14.7 Å². The van der Waals surface area contributed by atoms with Crippen LogP contribution in [-0.4, -0.2) is 65.7 Å². The summed E-state index contributed by atoms with van der Waals surface area (Å²) in [6.07, 6.45) is 4.91. The zero-order valence-corrected chi connectivity index (χ0v) is 19.2. The first kappa shape index (κ1) is 20.2. The number of benzene rings is 1. The second kappa shape index (κ2) is 8.83.